The van der Waals surface area contributed by atoms with Crippen LogP contribution in [0, 0.1) is 0 Å². The zero-order valence-electron chi connectivity index (χ0n) is 10.9. The van der Waals surface area contributed by atoms with Crippen LogP contribution in [0.5, 0.6) is 0 Å². The summed E-state index contributed by atoms with van der Waals surface area (Å²) in [5, 5.41) is 11.5. The summed E-state index contributed by atoms with van der Waals surface area (Å²) in [7, 11) is 0. The molecular formula is C15H14N2O2S. The van der Waals surface area contributed by atoms with Crippen molar-refractivity contribution >= 4 is 33.6 Å². The number of nitrogens with zero attached hydrogens (tertiary/aromatic N) is 2. The number of furan rings is 1. The van der Waals surface area contributed by atoms with Crippen molar-refractivity contribution in [1.29, 1.82) is 0 Å². The number of hydrogen-bond donors (Lipinski definition) is 1. The third-order valence-corrected chi connectivity index (χ3v) is 4.82. The van der Waals surface area contributed by atoms with Gasteiger partial charge in [0.15, 0.2) is 5.17 Å². The molecule has 5 heteroatoms. The van der Waals surface area contributed by atoms with E-state index in [2.05, 4.69) is 16.0 Å². The maximum absolute atomic E-state index is 9.30. The van der Waals surface area contributed by atoms with E-state index in [9.17, 15) is 5.11 Å². The lowest BCUT2D eigenvalue weighted by Gasteiger charge is -2.18. The Morgan fingerprint density at radius 2 is 2.30 bits per heavy atom. The smallest absolute Gasteiger partial charge is 0.168 e. The molecule has 0 radical (unpaired) electrons. The topological polar surface area (TPSA) is 49.0 Å². The number of fused-ring (bicyclic) bond motifs is 2. The molecule has 0 unspecified atom stereocenters. The van der Waals surface area contributed by atoms with Crippen molar-refractivity contribution in [2.24, 2.45) is 4.99 Å². The van der Waals surface area contributed by atoms with Crippen molar-refractivity contribution in [3.05, 3.63) is 41.0 Å². The molecule has 1 N–H and O–H groups in total. The molecule has 20 heavy (non-hydrogen) atoms. The molecule has 0 saturated heterocycles. The first-order chi connectivity index (χ1) is 9.88. The van der Waals surface area contributed by atoms with Gasteiger partial charge in [-0.25, -0.2) is 0 Å². The average molecular weight is 286 g/mol. The van der Waals surface area contributed by atoms with Crippen LogP contribution in [0.2, 0.25) is 0 Å². The molecule has 2 aliphatic rings. The molecule has 102 valence electrons. The van der Waals surface area contributed by atoms with Crippen LogP contribution in [-0.2, 0) is 0 Å². The Bertz CT molecular complexity index is 732. The van der Waals surface area contributed by atoms with Gasteiger partial charge in [0.1, 0.15) is 5.58 Å². The molecule has 4 rings (SSSR count). The molecule has 0 spiro atoms. The highest BCUT2D eigenvalue weighted by Gasteiger charge is 2.33. The normalized spacial score (nSPS) is 18.1. The summed E-state index contributed by atoms with van der Waals surface area (Å²) in [5.74, 6) is 0. The number of aliphatic hydroxyl groups is 1. The third kappa shape index (κ3) is 1.70. The predicted octanol–water partition coefficient (Wildman–Crippen LogP) is 2.90. The average Bonchev–Trinajstić information content (AvgIpc) is 3.12. The lowest BCUT2D eigenvalue weighted by Crippen LogP contribution is -2.20. The highest BCUT2D eigenvalue weighted by atomic mass is 32.2. The molecule has 0 aliphatic carbocycles. The van der Waals surface area contributed by atoms with Gasteiger partial charge < -0.3 is 14.4 Å². The number of aliphatic hydroxyl groups excluding tert-OH is 1. The number of amidine groups is 1. The first-order valence-electron chi connectivity index (χ1n) is 6.69. The Hall–Kier alpha value is -1.72. The third-order valence-electron chi connectivity index (χ3n) is 3.64. The van der Waals surface area contributed by atoms with Gasteiger partial charge in [-0.15, -0.1) is 0 Å². The van der Waals surface area contributed by atoms with Gasteiger partial charge in [0, 0.05) is 35.4 Å². The van der Waals surface area contributed by atoms with E-state index >= 15 is 0 Å². The van der Waals surface area contributed by atoms with Gasteiger partial charge in [0.05, 0.1) is 18.5 Å². The van der Waals surface area contributed by atoms with Gasteiger partial charge in [0.2, 0.25) is 0 Å². The number of hydrogen-bond acceptors (Lipinski definition) is 5. The molecular weight excluding hydrogens is 272 g/mol. The van der Waals surface area contributed by atoms with Crippen LogP contribution in [-0.4, -0.2) is 34.9 Å². The van der Waals surface area contributed by atoms with Crippen molar-refractivity contribution in [3.63, 3.8) is 0 Å². The summed E-state index contributed by atoms with van der Waals surface area (Å²) < 4.78 is 5.50. The van der Waals surface area contributed by atoms with E-state index < -0.39 is 0 Å². The van der Waals surface area contributed by atoms with E-state index in [1.807, 2.05) is 18.2 Å². The van der Waals surface area contributed by atoms with E-state index in [1.165, 1.54) is 16.2 Å². The minimum absolute atomic E-state index is 0.161. The van der Waals surface area contributed by atoms with Crippen LogP contribution in [0.15, 0.2) is 44.8 Å². The van der Waals surface area contributed by atoms with Gasteiger partial charge in [-0.2, -0.15) is 0 Å². The summed E-state index contributed by atoms with van der Waals surface area (Å²) >= 11 is 1.68. The molecule has 1 aromatic carbocycles. The van der Waals surface area contributed by atoms with Crippen LogP contribution in [0.3, 0.4) is 0 Å². The van der Waals surface area contributed by atoms with Crippen molar-refractivity contribution in [3.8, 4) is 0 Å². The predicted molar refractivity (Wildman–Crippen MR) is 81.4 cm³/mol. The fourth-order valence-corrected chi connectivity index (χ4v) is 3.98. The zero-order valence-corrected chi connectivity index (χ0v) is 11.7. The Labute approximate surface area is 120 Å². The highest BCUT2D eigenvalue weighted by molar-refractivity contribution is 8.17. The van der Waals surface area contributed by atoms with E-state index in [0.717, 1.165) is 29.2 Å². The van der Waals surface area contributed by atoms with Crippen LogP contribution < -0.4 is 0 Å². The Morgan fingerprint density at radius 1 is 1.35 bits per heavy atom. The van der Waals surface area contributed by atoms with Crippen molar-refractivity contribution in [1.82, 2.24) is 4.90 Å². The SMILES string of the molecule is OCCC1=C(c2cccc3occc23)N2CCN=C2S1. The van der Waals surface area contributed by atoms with Gasteiger partial charge in [-0.3, -0.25) is 4.99 Å². The fourth-order valence-electron chi connectivity index (χ4n) is 2.80. The minimum atomic E-state index is 0.161. The zero-order chi connectivity index (χ0) is 13.5. The Balaban J connectivity index is 1.91. The van der Waals surface area contributed by atoms with Crippen LogP contribution in [0.4, 0.5) is 0 Å². The van der Waals surface area contributed by atoms with Crippen LogP contribution >= 0.6 is 11.8 Å². The molecule has 4 nitrogen and oxygen atoms in total. The summed E-state index contributed by atoms with van der Waals surface area (Å²) in [6, 6.07) is 8.11. The van der Waals surface area contributed by atoms with Crippen LogP contribution in [0.25, 0.3) is 16.7 Å². The summed E-state index contributed by atoms with van der Waals surface area (Å²) in [6.45, 7) is 1.93. The van der Waals surface area contributed by atoms with E-state index in [-0.39, 0.29) is 6.61 Å². The van der Waals surface area contributed by atoms with E-state index in [4.69, 9.17) is 4.42 Å². The number of thioether (sulfide) groups is 1. The highest BCUT2D eigenvalue weighted by Crippen LogP contribution is 2.44. The second-order valence-electron chi connectivity index (χ2n) is 4.80. The molecule has 2 aliphatic heterocycles. The lowest BCUT2D eigenvalue weighted by atomic mass is 10.1. The van der Waals surface area contributed by atoms with Crippen molar-refractivity contribution in [2.45, 2.75) is 6.42 Å². The van der Waals surface area contributed by atoms with E-state index in [1.54, 1.807) is 18.0 Å². The first kappa shape index (κ1) is 12.1. The molecule has 2 aromatic rings. The minimum Gasteiger partial charge on any atom is -0.464 e. The lowest BCUT2D eigenvalue weighted by molar-refractivity contribution is 0.301. The first-order valence-corrected chi connectivity index (χ1v) is 7.50. The fraction of sp³-hybridized carbons (Fsp3) is 0.267. The Kier molecular flexibility index (Phi) is 2.82. The van der Waals surface area contributed by atoms with Crippen molar-refractivity contribution in [2.75, 3.05) is 19.7 Å². The maximum Gasteiger partial charge on any atom is 0.168 e. The molecule has 0 fully saturated rings. The van der Waals surface area contributed by atoms with Gasteiger partial charge in [0.25, 0.3) is 0 Å². The van der Waals surface area contributed by atoms with Gasteiger partial charge in [-0.1, -0.05) is 23.9 Å². The van der Waals surface area contributed by atoms with E-state index in [0.29, 0.717) is 6.42 Å². The number of rotatable bonds is 3. The summed E-state index contributed by atoms with van der Waals surface area (Å²) in [4.78, 5) is 7.99. The molecule has 0 amide bonds. The maximum atomic E-state index is 9.30. The number of benzene rings is 1. The standard InChI is InChI=1S/C15H14N2O2S/c18-8-4-13-14(17-7-6-16-15(17)20-13)11-2-1-3-12-10(11)5-9-19-12/h1-3,5,9,18H,4,6-8H2. The monoisotopic (exact) mass is 286 g/mol. The largest absolute Gasteiger partial charge is 0.464 e. The van der Waals surface area contributed by atoms with Gasteiger partial charge >= 0.3 is 0 Å². The summed E-state index contributed by atoms with van der Waals surface area (Å²) in [6.07, 6.45) is 2.39. The quantitative estimate of drug-likeness (QED) is 0.942. The molecule has 0 bridgehead atoms. The second kappa shape index (κ2) is 4.68. The van der Waals surface area contributed by atoms with Gasteiger partial charge in [-0.05, 0) is 12.1 Å². The number of aliphatic imine (C=N–C) groups is 1. The molecule has 0 atom stereocenters. The summed E-state index contributed by atoms with van der Waals surface area (Å²) in [5.41, 5.74) is 3.25. The molecule has 0 saturated carbocycles. The van der Waals surface area contributed by atoms with Crippen LogP contribution in [0.1, 0.15) is 12.0 Å². The Morgan fingerprint density at radius 3 is 3.20 bits per heavy atom. The van der Waals surface area contributed by atoms with Crippen molar-refractivity contribution < 1.29 is 9.52 Å². The second-order valence-corrected chi connectivity index (χ2v) is 5.86. The molecule has 1 aromatic heterocycles. The molecule has 3 heterocycles.